The van der Waals surface area contributed by atoms with Gasteiger partial charge < -0.3 is 18.9 Å². The van der Waals surface area contributed by atoms with E-state index in [-0.39, 0.29) is 30.9 Å². The van der Waals surface area contributed by atoms with E-state index in [0.717, 1.165) is 0 Å². The minimum absolute atomic E-state index is 0.166. The van der Waals surface area contributed by atoms with Gasteiger partial charge in [0.1, 0.15) is 24.9 Å². The molecule has 4 atom stereocenters. The summed E-state index contributed by atoms with van der Waals surface area (Å²) in [6.45, 7) is 17.9. The maximum atomic E-state index is 13.9. The van der Waals surface area contributed by atoms with E-state index in [2.05, 4.69) is 0 Å². The van der Waals surface area contributed by atoms with Crippen LogP contribution in [0.15, 0.2) is 0 Å². The van der Waals surface area contributed by atoms with Gasteiger partial charge in [-0.3, -0.25) is 9.80 Å². The SMILES string of the molecule is CCOC(CC)N(C(=O)N(C(CC)OCC)C(CC)OCC)C(CC)OCC. The van der Waals surface area contributed by atoms with E-state index in [4.69, 9.17) is 18.9 Å². The second-order valence-electron chi connectivity index (χ2n) is 6.37. The van der Waals surface area contributed by atoms with Crippen LogP contribution in [0.3, 0.4) is 0 Å². The number of urea groups is 1. The Kier molecular flexibility index (Phi) is 15.5. The first kappa shape index (κ1) is 27.1. The Hall–Kier alpha value is -0.890. The summed E-state index contributed by atoms with van der Waals surface area (Å²) >= 11 is 0. The normalized spacial score (nSPS) is 15.7. The van der Waals surface area contributed by atoms with Crippen LogP contribution < -0.4 is 0 Å². The molecule has 0 rings (SSSR count). The van der Waals surface area contributed by atoms with E-state index in [1.165, 1.54) is 0 Å². The molecule has 2 amide bonds. The number of carbonyl (C=O) groups excluding carboxylic acids is 1. The number of carbonyl (C=O) groups is 1. The van der Waals surface area contributed by atoms with Gasteiger partial charge in [-0.25, -0.2) is 4.79 Å². The number of amides is 2. The van der Waals surface area contributed by atoms with Crippen LogP contribution in [0, 0.1) is 0 Å². The Morgan fingerprint density at radius 2 is 0.750 bits per heavy atom. The lowest BCUT2D eigenvalue weighted by molar-refractivity contribution is -0.166. The molecule has 0 aromatic rings. The number of rotatable bonds is 16. The van der Waals surface area contributed by atoms with Gasteiger partial charge in [-0.2, -0.15) is 0 Å². The zero-order valence-corrected chi connectivity index (χ0v) is 19.4. The Labute approximate surface area is 172 Å². The molecule has 0 saturated heterocycles. The number of hydrogen-bond acceptors (Lipinski definition) is 5. The summed E-state index contributed by atoms with van der Waals surface area (Å²) in [7, 11) is 0. The van der Waals surface area contributed by atoms with Gasteiger partial charge in [0.05, 0.1) is 0 Å². The van der Waals surface area contributed by atoms with E-state index < -0.39 is 0 Å². The Morgan fingerprint density at radius 1 is 0.536 bits per heavy atom. The molecule has 28 heavy (non-hydrogen) atoms. The van der Waals surface area contributed by atoms with Crippen molar-refractivity contribution in [2.24, 2.45) is 0 Å². The summed E-state index contributed by atoms with van der Waals surface area (Å²) in [5.41, 5.74) is 0. The smallest absolute Gasteiger partial charge is 0.328 e. The highest BCUT2D eigenvalue weighted by molar-refractivity contribution is 5.75. The van der Waals surface area contributed by atoms with Crippen LogP contribution >= 0.6 is 0 Å². The lowest BCUT2D eigenvalue weighted by atomic mass is 10.2. The molecule has 7 nitrogen and oxygen atoms in total. The quantitative estimate of drug-likeness (QED) is 0.346. The highest BCUT2D eigenvalue weighted by Gasteiger charge is 2.39. The predicted octanol–water partition coefficient (Wildman–Crippen LogP) is 4.80. The maximum absolute atomic E-state index is 13.9. The first-order chi connectivity index (χ1) is 13.5. The van der Waals surface area contributed by atoms with Crippen molar-refractivity contribution in [1.29, 1.82) is 0 Å². The third-order valence-electron chi connectivity index (χ3n) is 4.52. The molecule has 0 fully saturated rings. The van der Waals surface area contributed by atoms with Crippen LogP contribution in [-0.2, 0) is 18.9 Å². The summed E-state index contributed by atoms with van der Waals surface area (Å²) in [5, 5.41) is 0. The van der Waals surface area contributed by atoms with Gasteiger partial charge in [0, 0.05) is 26.4 Å². The second-order valence-corrected chi connectivity index (χ2v) is 6.37. The molecule has 0 spiro atoms. The van der Waals surface area contributed by atoms with Gasteiger partial charge in [0.2, 0.25) is 0 Å². The lowest BCUT2D eigenvalue weighted by Crippen LogP contribution is -2.60. The van der Waals surface area contributed by atoms with Crippen LogP contribution in [-0.4, -0.2) is 67.2 Å². The van der Waals surface area contributed by atoms with Crippen LogP contribution in [0.5, 0.6) is 0 Å². The predicted molar refractivity (Wildman–Crippen MR) is 112 cm³/mol. The lowest BCUT2D eigenvalue weighted by Gasteiger charge is -2.44. The molecule has 0 heterocycles. The van der Waals surface area contributed by atoms with E-state index in [0.29, 0.717) is 52.1 Å². The number of nitrogens with zero attached hydrogens (tertiary/aromatic N) is 2. The topological polar surface area (TPSA) is 60.5 Å². The van der Waals surface area contributed by atoms with Crippen molar-refractivity contribution in [3.05, 3.63) is 0 Å². The maximum Gasteiger partial charge on any atom is 0.328 e. The average Bonchev–Trinajstić information content (AvgIpc) is 2.71. The molecule has 0 saturated carbocycles. The minimum atomic E-state index is -0.366. The summed E-state index contributed by atoms with van der Waals surface area (Å²) in [5.74, 6) is 0. The Bertz CT molecular complexity index is 335. The summed E-state index contributed by atoms with van der Waals surface area (Å²) < 4.78 is 23.7. The van der Waals surface area contributed by atoms with E-state index in [9.17, 15) is 4.79 Å². The molecule has 0 aliphatic rings. The average molecular weight is 405 g/mol. The van der Waals surface area contributed by atoms with Crippen molar-refractivity contribution >= 4 is 6.03 Å². The van der Waals surface area contributed by atoms with Crippen molar-refractivity contribution in [1.82, 2.24) is 9.80 Å². The van der Waals surface area contributed by atoms with Gasteiger partial charge in [0.15, 0.2) is 0 Å². The van der Waals surface area contributed by atoms with Crippen molar-refractivity contribution in [2.45, 2.75) is 106 Å². The number of hydrogen-bond donors (Lipinski definition) is 0. The van der Waals surface area contributed by atoms with Crippen molar-refractivity contribution in [3.63, 3.8) is 0 Å². The molecule has 0 N–H and O–H groups in total. The van der Waals surface area contributed by atoms with Gasteiger partial charge in [-0.1, -0.05) is 27.7 Å². The molecule has 0 aliphatic carbocycles. The van der Waals surface area contributed by atoms with Crippen LogP contribution in [0.2, 0.25) is 0 Å². The molecule has 168 valence electrons. The molecule has 0 aliphatic heterocycles. The monoisotopic (exact) mass is 404 g/mol. The fraction of sp³-hybridized carbons (Fsp3) is 0.952. The van der Waals surface area contributed by atoms with Crippen LogP contribution in [0.1, 0.15) is 81.1 Å². The molecule has 0 radical (unpaired) electrons. The minimum Gasteiger partial charge on any atom is -0.358 e. The first-order valence-electron chi connectivity index (χ1n) is 11.1. The molecular formula is C21H44N2O5. The van der Waals surface area contributed by atoms with Crippen molar-refractivity contribution < 1.29 is 23.7 Å². The van der Waals surface area contributed by atoms with E-state index >= 15 is 0 Å². The zero-order valence-electron chi connectivity index (χ0n) is 19.4. The molecule has 0 aromatic carbocycles. The standard InChI is InChI=1S/C21H44N2O5/c1-9-17(25-13-5)22(18(10-2)26-14-6)21(24)23(19(11-3)27-15-7)20(12-4)28-16-8/h17-20H,9-16H2,1-8H3. The van der Waals surface area contributed by atoms with Crippen LogP contribution in [0.25, 0.3) is 0 Å². The highest BCUT2D eigenvalue weighted by atomic mass is 16.5. The van der Waals surface area contributed by atoms with Crippen molar-refractivity contribution in [2.75, 3.05) is 26.4 Å². The fourth-order valence-electron chi connectivity index (χ4n) is 3.35. The highest BCUT2D eigenvalue weighted by Crippen LogP contribution is 2.23. The Morgan fingerprint density at radius 3 is 0.893 bits per heavy atom. The zero-order chi connectivity index (χ0) is 21.5. The van der Waals surface area contributed by atoms with Gasteiger partial charge >= 0.3 is 6.03 Å². The van der Waals surface area contributed by atoms with Crippen LogP contribution in [0.4, 0.5) is 4.79 Å². The van der Waals surface area contributed by atoms with E-state index in [1.807, 2.05) is 55.4 Å². The number of ether oxygens (including phenoxy) is 4. The van der Waals surface area contributed by atoms with Gasteiger partial charge in [-0.15, -0.1) is 0 Å². The second kappa shape index (κ2) is 16.0. The molecule has 7 heteroatoms. The third-order valence-corrected chi connectivity index (χ3v) is 4.52. The summed E-state index contributed by atoms with van der Waals surface area (Å²) in [6, 6.07) is -0.166. The van der Waals surface area contributed by atoms with Gasteiger partial charge in [0.25, 0.3) is 0 Å². The fourth-order valence-corrected chi connectivity index (χ4v) is 3.35. The third kappa shape index (κ3) is 7.85. The largest absolute Gasteiger partial charge is 0.358 e. The summed E-state index contributed by atoms with van der Waals surface area (Å²) in [4.78, 5) is 17.3. The van der Waals surface area contributed by atoms with Crippen molar-refractivity contribution in [3.8, 4) is 0 Å². The van der Waals surface area contributed by atoms with Gasteiger partial charge in [-0.05, 0) is 53.4 Å². The first-order valence-corrected chi connectivity index (χ1v) is 11.1. The molecule has 0 aromatic heterocycles. The molecule has 4 unspecified atom stereocenters. The molecular weight excluding hydrogens is 360 g/mol. The van der Waals surface area contributed by atoms with E-state index in [1.54, 1.807) is 9.80 Å². The molecule has 0 bridgehead atoms. The Balaban J connectivity index is 6.11. The summed E-state index contributed by atoms with van der Waals surface area (Å²) in [6.07, 6.45) is 1.23.